The smallest absolute Gasteiger partial charge is 0.251 e. The van der Waals surface area contributed by atoms with Crippen LogP contribution in [0.4, 0.5) is 0 Å². The first-order valence-corrected chi connectivity index (χ1v) is 9.49. The zero-order chi connectivity index (χ0) is 19.7. The van der Waals surface area contributed by atoms with Crippen LogP contribution in [0.5, 0.6) is 5.75 Å². The molecule has 1 N–H and O–H groups in total. The number of benzene rings is 1. The first kappa shape index (κ1) is 18.3. The highest BCUT2D eigenvalue weighted by molar-refractivity contribution is 5.94. The van der Waals surface area contributed by atoms with Crippen LogP contribution in [-0.4, -0.2) is 20.8 Å². The Labute approximate surface area is 163 Å². The van der Waals surface area contributed by atoms with E-state index in [0.717, 1.165) is 41.8 Å². The van der Waals surface area contributed by atoms with Crippen LogP contribution in [0.2, 0.25) is 0 Å². The van der Waals surface area contributed by atoms with Crippen molar-refractivity contribution in [3.63, 3.8) is 0 Å². The predicted octanol–water partition coefficient (Wildman–Crippen LogP) is 3.41. The van der Waals surface area contributed by atoms with Gasteiger partial charge in [-0.2, -0.15) is 5.10 Å². The lowest BCUT2D eigenvalue weighted by Gasteiger charge is -2.24. The standard InChI is InChI=1S/C21H24N4O3/c1-13-18(14(2)28-24-13)12-27-16-7-4-6-15(10-16)21(26)23-19-8-5-9-20-17(19)11-22-25(20)3/h4,6-7,10-11,19H,5,8-9,12H2,1-3H3,(H,23,26)/t19-/m1/s1. The maximum absolute atomic E-state index is 12.8. The molecule has 0 spiro atoms. The molecule has 1 aromatic carbocycles. The Morgan fingerprint density at radius 2 is 2.25 bits per heavy atom. The Kier molecular flexibility index (Phi) is 4.90. The molecule has 0 fully saturated rings. The maximum atomic E-state index is 12.8. The largest absolute Gasteiger partial charge is 0.489 e. The van der Waals surface area contributed by atoms with E-state index in [9.17, 15) is 4.79 Å². The Bertz CT molecular complexity index is 986. The first-order valence-electron chi connectivity index (χ1n) is 9.49. The van der Waals surface area contributed by atoms with Gasteiger partial charge in [0.15, 0.2) is 0 Å². The summed E-state index contributed by atoms with van der Waals surface area (Å²) in [5.41, 5.74) is 4.64. The summed E-state index contributed by atoms with van der Waals surface area (Å²) < 4.78 is 12.9. The molecular formula is C21H24N4O3. The molecule has 0 bridgehead atoms. The van der Waals surface area contributed by atoms with Gasteiger partial charge in [-0.25, -0.2) is 0 Å². The fourth-order valence-electron chi connectivity index (χ4n) is 3.69. The predicted molar refractivity (Wildman–Crippen MR) is 103 cm³/mol. The highest BCUT2D eigenvalue weighted by atomic mass is 16.5. The van der Waals surface area contributed by atoms with Crippen molar-refractivity contribution in [2.45, 2.75) is 45.8 Å². The average molecular weight is 380 g/mol. The van der Waals surface area contributed by atoms with Gasteiger partial charge >= 0.3 is 0 Å². The van der Waals surface area contributed by atoms with E-state index in [2.05, 4.69) is 15.6 Å². The summed E-state index contributed by atoms with van der Waals surface area (Å²) >= 11 is 0. The van der Waals surface area contributed by atoms with Crippen molar-refractivity contribution >= 4 is 5.91 Å². The fourth-order valence-corrected chi connectivity index (χ4v) is 3.69. The minimum absolute atomic E-state index is 0.00294. The van der Waals surface area contributed by atoms with Gasteiger partial charge in [-0.15, -0.1) is 0 Å². The monoisotopic (exact) mass is 380 g/mol. The Balaban J connectivity index is 1.45. The number of fused-ring (bicyclic) bond motifs is 1. The molecule has 1 atom stereocenters. The van der Waals surface area contributed by atoms with E-state index in [4.69, 9.17) is 9.26 Å². The van der Waals surface area contributed by atoms with Crippen molar-refractivity contribution in [1.29, 1.82) is 0 Å². The van der Waals surface area contributed by atoms with Gasteiger partial charge in [0.2, 0.25) is 0 Å². The molecule has 4 rings (SSSR count). The average Bonchev–Trinajstić information content (AvgIpc) is 3.23. The zero-order valence-electron chi connectivity index (χ0n) is 16.4. The van der Waals surface area contributed by atoms with Crippen molar-refractivity contribution in [1.82, 2.24) is 20.3 Å². The molecule has 3 aromatic rings. The Morgan fingerprint density at radius 3 is 3.04 bits per heavy atom. The summed E-state index contributed by atoms with van der Waals surface area (Å²) in [5, 5.41) is 11.4. The van der Waals surface area contributed by atoms with Crippen LogP contribution in [0.1, 0.15) is 57.5 Å². The minimum atomic E-state index is -0.107. The van der Waals surface area contributed by atoms with Gasteiger partial charge in [-0.1, -0.05) is 11.2 Å². The van der Waals surface area contributed by atoms with Crippen molar-refractivity contribution in [2.75, 3.05) is 0 Å². The maximum Gasteiger partial charge on any atom is 0.251 e. The number of ether oxygens (including phenoxy) is 1. The lowest BCUT2D eigenvalue weighted by molar-refractivity contribution is 0.0932. The second-order valence-electron chi connectivity index (χ2n) is 7.21. The van der Waals surface area contributed by atoms with E-state index in [0.29, 0.717) is 17.9 Å². The van der Waals surface area contributed by atoms with Gasteiger partial charge in [0.25, 0.3) is 5.91 Å². The van der Waals surface area contributed by atoms with Crippen molar-refractivity contribution in [2.24, 2.45) is 7.05 Å². The van der Waals surface area contributed by atoms with Crippen molar-refractivity contribution < 1.29 is 14.1 Å². The molecule has 7 nitrogen and oxygen atoms in total. The second kappa shape index (κ2) is 7.50. The number of carbonyl (C=O) groups excluding carboxylic acids is 1. The quantitative estimate of drug-likeness (QED) is 0.733. The summed E-state index contributed by atoms with van der Waals surface area (Å²) in [6, 6.07) is 7.23. The van der Waals surface area contributed by atoms with Crippen LogP contribution in [0.25, 0.3) is 0 Å². The number of hydrogen-bond donors (Lipinski definition) is 1. The van der Waals surface area contributed by atoms with Crippen LogP contribution >= 0.6 is 0 Å². The van der Waals surface area contributed by atoms with Gasteiger partial charge in [0.1, 0.15) is 18.1 Å². The third-order valence-corrected chi connectivity index (χ3v) is 5.34. The van der Waals surface area contributed by atoms with E-state index in [-0.39, 0.29) is 11.9 Å². The summed E-state index contributed by atoms with van der Waals surface area (Å²) in [6.45, 7) is 4.10. The highest BCUT2D eigenvalue weighted by Crippen LogP contribution is 2.29. The number of rotatable bonds is 5. The highest BCUT2D eigenvalue weighted by Gasteiger charge is 2.25. The van der Waals surface area contributed by atoms with Gasteiger partial charge in [-0.3, -0.25) is 9.48 Å². The number of amides is 1. The molecule has 2 aromatic heterocycles. The summed E-state index contributed by atoms with van der Waals surface area (Å²) in [7, 11) is 1.95. The van der Waals surface area contributed by atoms with Crippen LogP contribution in [-0.2, 0) is 20.1 Å². The van der Waals surface area contributed by atoms with E-state index < -0.39 is 0 Å². The third-order valence-electron chi connectivity index (χ3n) is 5.34. The number of nitrogens with one attached hydrogen (secondary N) is 1. The Hall–Kier alpha value is -3.09. The molecular weight excluding hydrogens is 356 g/mol. The zero-order valence-corrected chi connectivity index (χ0v) is 16.4. The van der Waals surface area contributed by atoms with Gasteiger partial charge < -0.3 is 14.6 Å². The molecule has 1 amide bonds. The number of aromatic nitrogens is 3. The van der Waals surface area contributed by atoms with Crippen molar-refractivity contribution in [3.05, 3.63) is 64.3 Å². The van der Waals surface area contributed by atoms with Crippen molar-refractivity contribution in [3.8, 4) is 5.75 Å². The van der Waals surface area contributed by atoms with Gasteiger partial charge in [0.05, 0.1) is 23.5 Å². The molecule has 0 aliphatic heterocycles. The van der Waals surface area contributed by atoms with Crippen LogP contribution < -0.4 is 10.1 Å². The molecule has 146 valence electrons. The minimum Gasteiger partial charge on any atom is -0.489 e. The molecule has 1 aliphatic carbocycles. The summed E-state index contributed by atoms with van der Waals surface area (Å²) in [5.74, 6) is 1.28. The molecule has 0 unspecified atom stereocenters. The summed E-state index contributed by atoms with van der Waals surface area (Å²) in [6.07, 6.45) is 4.83. The molecule has 28 heavy (non-hydrogen) atoms. The van der Waals surface area contributed by atoms with E-state index >= 15 is 0 Å². The fraction of sp³-hybridized carbons (Fsp3) is 0.381. The van der Waals surface area contributed by atoms with E-state index in [1.54, 1.807) is 12.1 Å². The number of carbonyl (C=O) groups is 1. The number of nitrogens with zero attached hydrogens (tertiary/aromatic N) is 3. The van der Waals surface area contributed by atoms with E-state index in [1.807, 2.05) is 43.9 Å². The second-order valence-corrected chi connectivity index (χ2v) is 7.21. The molecule has 1 aliphatic rings. The SMILES string of the molecule is Cc1noc(C)c1COc1cccc(C(=O)N[C@@H]2CCCc3c2cnn3C)c1. The van der Waals surface area contributed by atoms with E-state index in [1.165, 1.54) is 5.69 Å². The molecule has 0 radical (unpaired) electrons. The van der Waals surface area contributed by atoms with Gasteiger partial charge in [-0.05, 0) is 51.3 Å². The normalized spacial score (nSPS) is 15.9. The van der Waals surface area contributed by atoms with Crippen LogP contribution in [0.3, 0.4) is 0 Å². The summed E-state index contributed by atoms with van der Waals surface area (Å²) in [4.78, 5) is 12.8. The topological polar surface area (TPSA) is 82.2 Å². The van der Waals surface area contributed by atoms with Crippen LogP contribution in [0, 0.1) is 13.8 Å². The molecule has 2 heterocycles. The molecule has 0 saturated carbocycles. The van der Waals surface area contributed by atoms with Crippen LogP contribution in [0.15, 0.2) is 35.0 Å². The lowest BCUT2D eigenvalue weighted by Crippen LogP contribution is -2.30. The number of aryl methyl sites for hydroxylation is 3. The lowest BCUT2D eigenvalue weighted by atomic mass is 9.93. The molecule has 0 saturated heterocycles. The Morgan fingerprint density at radius 1 is 1.39 bits per heavy atom. The first-order chi connectivity index (χ1) is 13.5. The third kappa shape index (κ3) is 3.52. The molecule has 7 heteroatoms. The number of hydrogen-bond acceptors (Lipinski definition) is 5. The van der Waals surface area contributed by atoms with Gasteiger partial charge in [0, 0.05) is 23.9 Å².